The van der Waals surface area contributed by atoms with Crippen LogP contribution in [0.3, 0.4) is 0 Å². The predicted octanol–water partition coefficient (Wildman–Crippen LogP) is 1.22. The first-order valence-electron chi connectivity index (χ1n) is 5.27. The summed E-state index contributed by atoms with van der Waals surface area (Å²) < 4.78 is 5.52. The number of urea groups is 1. The molecule has 18 heavy (non-hydrogen) atoms. The lowest BCUT2D eigenvalue weighted by atomic mass is 10.1. The summed E-state index contributed by atoms with van der Waals surface area (Å²) in [4.78, 5) is 26.5. The average Bonchev–Trinajstić information content (AvgIpc) is 2.82. The maximum Gasteiger partial charge on any atom is 0.322 e. The SMILES string of the molecule is O=C1NC(=O)C(c2cc3c(o2)C=NC(Cl)=CC3)N1. The summed E-state index contributed by atoms with van der Waals surface area (Å²) in [6.45, 7) is 0. The number of fused-ring (bicyclic) bond motifs is 1. The van der Waals surface area contributed by atoms with Crippen molar-refractivity contribution in [2.24, 2.45) is 4.99 Å². The second kappa shape index (κ2) is 3.99. The van der Waals surface area contributed by atoms with Crippen LogP contribution >= 0.6 is 11.6 Å². The Bertz CT molecular complexity index is 603. The van der Waals surface area contributed by atoms with E-state index in [2.05, 4.69) is 15.6 Å². The van der Waals surface area contributed by atoms with E-state index in [1.54, 1.807) is 12.1 Å². The highest BCUT2D eigenvalue weighted by Gasteiger charge is 2.34. The Labute approximate surface area is 107 Å². The molecule has 0 aromatic carbocycles. The predicted molar refractivity (Wildman–Crippen MR) is 63.4 cm³/mol. The summed E-state index contributed by atoms with van der Waals surface area (Å²) in [5.74, 6) is 0.515. The van der Waals surface area contributed by atoms with Crippen LogP contribution in [0.25, 0.3) is 0 Å². The van der Waals surface area contributed by atoms with Crippen molar-refractivity contribution in [1.82, 2.24) is 10.6 Å². The molecule has 0 aliphatic carbocycles. The fraction of sp³-hybridized carbons (Fsp3) is 0.182. The highest BCUT2D eigenvalue weighted by molar-refractivity contribution is 6.30. The van der Waals surface area contributed by atoms with Crippen LogP contribution in [0.15, 0.2) is 26.7 Å². The maximum atomic E-state index is 11.5. The molecule has 3 rings (SSSR count). The monoisotopic (exact) mass is 265 g/mol. The molecule has 3 heterocycles. The van der Waals surface area contributed by atoms with Crippen molar-refractivity contribution in [3.8, 4) is 0 Å². The minimum atomic E-state index is -0.780. The van der Waals surface area contributed by atoms with Gasteiger partial charge in [-0.15, -0.1) is 0 Å². The lowest BCUT2D eigenvalue weighted by Crippen LogP contribution is -2.22. The van der Waals surface area contributed by atoms with Crippen LogP contribution in [0, 0.1) is 0 Å². The van der Waals surface area contributed by atoms with Crippen LogP contribution in [0.4, 0.5) is 4.79 Å². The third kappa shape index (κ3) is 1.80. The minimum absolute atomic E-state index is 0.390. The van der Waals surface area contributed by atoms with Gasteiger partial charge in [-0.3, -0.25) is 10.1 Å². The van der Waals surface area contributed by atoms with E-state index in [0.29, 0.717) is 23.1 Å². The number of allylic oxidation sites excluding steroid dienone is 1. The van der Waals surface area contributed by atoms with Crippen LogP contribution < -0.4 is 10.6 Å². The zero-order chi connectivity index (χ0) is 12.7. The molecule has 1 atom stereocenters. The van der Waals surface area contributed by atoms with Gasteiger partial charge < -0.3 is 9.73 Å². The van der Waals surface area contributed by atoms with Crippen molar-refractivity contribution in [3.63, 3.8) is 0 Å². The van der Waals surface area contributed by atoms with Crippen LogP contribution in [0.1, 0.15) is 23.1 Å². The first-order chi connectivity index (χ1) is 8.63. The van der Waals surface area contributed by atoms with Crippen LogP contribution in [0.5, 0.6) is 0 Å². The quantitative estimate of drug-likeness (QED) is 0.591. The van der Waals surface area contributed by atoms with Gasteiger partial charge in [0.25, 0.3) is 5.91 Å². The van der Waals surface area contributed by atoms with Crippen molar-refractivity contribution in [1.29, 1.82) is 0 Å². The molecule has 1 aromatic rings. The Morgan fingerprint density at radius 3 is 3.00 bits per heavy atom. The summed E-state index contributed by atoms with van der Waals surface area (Å²) in [5.41, 5.74) is 0.873. The summed E-state index contributed by atoms with van der Waals surface area (Å²) in [7, 11) is 0. The van der Waals surface area contributed by atoms with E-state index >= 15 is 0 Å². The van der Waals surface area contributed by atoms with Crippen molar-refractivity contribution in [2.45, 2.75) is 12.5 Å². The third-order valence-corrected chi connectivity index (χ3v) is 2.97. The van der Waals surface area contributed by atoms with E-state index in [1.807, 2.05) is 0 Å². The molecule has 0 spiro atoms. The summed E-state index contributed by atoms with van der Waals surface area (Å²) in [5, 5.41) is 5.02. The van der Waals surface area contributed by atoms with Gasteiger partial charge in [-0.25, -0.2) is 9.79 Å². The Balaban J connectivity index is 1.94. The van der Waals surface area contributed by atoms with E-state index in [4.69, 9.17) is 16.0 Å². The highest BCUT2D eigenvalue weighted by Crippen LogP contribution is 2.25. The molecule has 3 amide bonds. The van der Waals surface area contributed by atoms with Crippen LogP contribution in [-0.4, -0.2) is 18.2 Å². The van der Waals surface area contributed by atoms with Gasteiger partial charge in [-0.1, -0.05) is 11.6 Å². The topological polar surface area (TPSA) is 83.7 Å². The molecule has 0 radical (unpaired) electrons. The molecule has 1 fully saturated rings. The number of aliphatic imine (C=N–C) groups is 1. The zero-order valence-electron chi connectivity index (χ0n) is 9.07. The van der Waals surface area contributed by atoms with Crippen molar-refractivity contribution in [3.05, 3.63) is 34.4 Å². The maximum absolute atomic E-state index is 11.5. The largest absolute Gasteiger partial charge is 0.457 e. The standard InChI is InChI=1S/C11H8ClN3O3/c12-8-2-1-5-3-6(18-7(5)4-13-8)9-10(16)15-11(17)14-9/h2-4,9H,1H2,(H2,14,15,16,17). The Morgan fingerprint density at radius 1 is 1.44 bits per heavy atom. The Hall–Kier alpha value is -2.08. The van der Waals surface area contributed by atoms with Gasteiger partial charge >= 0.3 is 6.03 Å². The van der Waals surface area contributed by atoms with Gasteiger partial charge in [0.1, 0.15) is 16.7 Å². The minimum Gasteiger partial charge on any atom is -0.457 e. The molecule has 0 saturated carbocycles. The van der Waals surface area contributed by atoms with Crippen molar-refractivity contribution < 1.29 is 14.0 Å². The summed E-state index contributed by atoms with van der Waals surface area (Å²) >= 11 is 5.78. The van der Waals surface area contributed by atoms with Gasteiger partial charge in [0, 0.05) is 5.56 Å². The van der Waals surface area contributed by atoms with Gasteiger partial charge in [-0.2, -0.15) is 0 Å². The van der Waals surface area contributed by atoms with Crippen molar-refractivity contribution >= 4 is 29.8 Å². The first kappa shape index (κ1) is 11.0. The number of carbonyl (C=O) groups excluding carboxylic acids is 2. The molecule has 1 saturated heterocycles. The number of carbonyl (C=O) groups is 2. The van der Waals surface area contributed by atoms with E-state index in [1.165, 1.54) is 6.21 Å². The number of rotatable bonds is 1. The number of hydrogen-bond donors (Lipinski definition) is 2. The van der Waals surface area contributed by atoms with E-state index < -0.39 is 18.0 Å². The fourth-order valence-corrected chi connectivity index (χ4v) is 1.99. The molecule has 92 valence electrons. The highest BCUT2D eigenvalue weighted by atomic mass is 35.5. The average molecular weight is 266 g/mol. The molecule has 7 heteroatoms. The van der Waals surface area contributed by atoms with E-state index in [-0.39, 0.29) is 0 Å². The first-order valence-corrected chi connectivity index (χ1v) is 5.65. The number of imide groups is 1. The number of amides is 3. The molecule has 2 N–H and O–H groups in total. The van der Waals surface area contributed by atoms with Gasteiger partial charge in [0.15, 0.2) is 6.04 Å². The second-order valence-corrected chi connectivity index (χ2v) is 4.31. The van der Waals surface area contributed by atoms with Crippen molar-refractivity contribution in [2.75, 3.05) is 0 Å². The normalized spacial score (nSPS) is 22.1. The Kier molecular flexibility index (Phi) is 2.45. The van der Waals surface area contributed by atoms with Gasteiger partial charge in [-0.05, 0) is 18.6 Å². The number of halogens is 1. The van der Waals surface area contributed by atoms with Crippen LogP contribution in [-0.2, 0) is 11.2 Å². The molecular formula is C11H8ClN3O3. The Morgan fingerprint density at radius 2 is 2.28 bits per heavy atom. The summed E-state index contributed by atoms with van der Waals surface area (Å²) in [6, 6.07) is 0.425. The molecule has 6 nitrogen and oxygen atoms in total. The van der Waals surface area contributed by atoms with E-state index in [0.717, 1.165) is 5.56 Å². The molecule has 0 bridgehead atoms. The second-order valence-electron chi connectivity index (χ2n) is 3.92. The molecule has 1 aromatic heterocycles. The van der Waals surface area contributed by atoms with Gasteiger partial charge in [0.05, 0.1) is 6.21 Å². The zero-order valence-corrected chi connectivity index (χ0v) is 9.82. The number of hydrogen-bond acceptors (Lipinski definition) is 4. The van der Waals surface area contributed by atoms with E-state index in [9.17, 15) is 9.59 Å². The molecule has 1 unspecified atom stereocenters. The van der Waals surface area contributed by atoms with Crippen LogP contribution in [0.2, 0.25) is 0 Å². The fourth-order valence-electron chi connectivity index (χ4n) is 1.86. The summed E-state index contributed by atoms with van der Waals surface area (Å²) in [6.07, 6.45) is 3.82. The number of furan rings is 1. The number of nitrogens with zero attached hydrogens (tertiary/aromatic N) is 1. The smallest absolute Gasteiger partial charge is 0.322 e. The molecular weight excluding hydrogens is 258 g/mol. The lowest BCUT2D eigenvalue weighted by Gasteiger charge is -2.01. The molecule has 2 aliphatic rings. The third-order valence-electron chi connectivity index (χ3n) is 2.72. The van der Waals surface area contributed by atoms with Gasteiger partial charge in [0.2, 0.25) is 0 Å². The lowest BCUT2D eigenvalue weighted by molar-refractivity contribution is -0.120. The molecule has 2 aliphatic heterocycles. The number of nitrogens with one attached hydrogen (secondary N) is 2.